The van der Waals surface area contributed by atoms with Gasteiger partial charge in [0.25, 0.3) is 5.91 Å². The number of para-hydroxylation sites is 1. The second-order valence-corrected chi connectivity index (χ2v) is 8.51. The molecule has 3 nitrogen and oxygen atoms in total. The fourth-order valence-electron chi connectivity index (χ4n) is 3.22. The van der Waals surface area contributed by atoms with E-state index in [2.05, 4.69) is 0 Å². The monoisotopic (exact) mass is 423 g/mol. The van der Waals surface area contributed by atoms with Gasteiger partial charge in [0.05, 0.1) is 16.7 Å². The van der Waals surface area contributed by atoms with Crippen molar-refractivity contribution in [2.45, 2.75) is 20.0 Å². The third-order valence-electron chi connectivity index (χ3n) is 4.46. The van der Waals surface area contributed by atoms with Crippen LogP contribution in [0.5, 0.6) is 5.75 Å². The molecule has 3 aromatic carbocycles. The quantitative estimate of drug-likeness (QED) is 0.371. The van der Waals surface area contributed by atoms with Crippen molar-refractivity contribution in [3.63, 3.8) is 0 Å². The van der Waals surface area contributed by atoms with Crippen LogP contribution < -0.4 is 9.64 Å². The van der Waals surface area contributed by atoms with E-state index in [1.807, 2.05) is 50.2 Å². The first-order chi connectivity index (χ1) is 14.0. The number of carbonyl (C=O) groups is 1. The molecule has 4 rings (SSSR count). The number of thiocarbonyl (C=S) groups is 1. The average Bonchev–Trinajstić information content (AvgIpc) is 2.97. The third kappa shape index (κ3) is 3.78. The Morgan fingerprint density at radius 3 is 2.55 bits per heavy atom. The summed E-state index contributed by atoms with van der Waals surface area (Å²) in [6, 6.07) is 17.9. The van der Waals surface area contributed by atoms with Crippen molar-refractivity contribution in [1.82, 2.24) is 0 Å². The molecule has 1 aliphatic rings. The van der Waals surface area contributed by atoms with Gasteiger partial charge in [-0.1, -0.05) is 66.4 Å². The van der Waals surface area contributed by atoms with Gasteiger partial charge in [0.2, 0.25) is 0 Å². The average molecular weight is 424 g/mol. The summed E-state index contributed by atoms with van der Waals surface area (Å²) in [5, 5.41) is 2.02. The van der Waals surface area contributed by atoms with Crippen LogP contribution in [-0.4, -0.2) is 16.3 Å². The van der Waals surface area contributed by atoms with E-state index in [-0.39, 0.29) is 17.7 Å². The lowest BCUT2D eigenvalue weighted by Gasteiger charge is -2.16. The fraction of sp³-hybridized carbons (Fsp3) is 0.130. The van der Waals surface area contributed by atoms with E-state index in [1.54, 1.807) is 24.3 Å². The van der Waals surface area contributed by atoms with Crippen molar-refractivity contribution in [3.05, 3.63) is 76.9 Å². The smallest absolute Gasteiger partial charge is 0.270 e. The summed E-state index contributed by atoms with van der Waals surface area (Å²) < 4.78 is 20.5. The Morgan fingerprint density at radius 2 is 1.79 bits per heavy atom. The fourth-order valence-corrected chi connectivity index (χ4v) is 4.49. The second-order valence-electron chi connectivity index (χ2n) is 6.83. The van der Waals surface area contributed by atoms with Gasteiger partial charge in [-0.25, -0.2) is 4.39 Å². The van der Waals surface area contributed by atoms with Crippen LogP contribution in [0.15, 0.2) is 65.6 Å². The summed E-state index contributed by atoms with van der Waals surface area (Å²) in [5.41, 5.74) is 0.973. The topological polar surface area (TPSA) is 29.5 Å². The molecule has 0 aromatic heterocycles. The second kappa shape index (κ2) is 7.97. The zero-order valence-corrected chi connectivity index (χ0v) is 17.5. The van der Waals surface area contributed by atoms with Gasteiger partial charge in [0, 0.05) is 5.56 Å². The highest BCUT2D eigenvalue weighted by Crippen LogP contribution is 2.39. The molecule has 146 valence electrons. The molecule has 0 atom stereocenters. The summed E-state index contributed by atoms with van der Waals surface area (Å²) >= 11 is 6.54. The molecule has 1 fully saturated rings. The number of carbonyl (C=O) groups excluding carboxylic acids is 1. The van der Waals surface area contributed by atoms with Crippen molar-refractivity contribution >= 4 is 56.7 Å². The molecule has 1 aliphatic heterocycles. The van der Waals surface area contributed by atoms with E-state index in [9.17, 15) is 9.18 Å². The Kier molecular flexibility index (Phi) is 5.39. The van der Waals surface area contributed by atoms with Crippen LogP contribution in [-0.2, 0) is 4.79 Å². The maximum absolute atomic E-state index is 14.3. The SMILES string of the molecule is CC(C)Oc1ccc2ccccc2c1/C=C1\SC(=S)N(c2ccccc2F)C1=O. The van der Waals surface area contributed by atoms with Crippen LogP contribution >= 0.6 is 24.0 Å². The molecule has 0 saturated carbocycles. The minimum Gasteiger partial charge on any atom is -0.490 e. The van der Waals surface area contributed by atoms with Gasteiger partial charge in [0.15, 0.2) is 4.32 Å². The van der Waals surface area contributed by atoms with Crippen molar-refractivity contribution in [3.8, 4) is 5.75 Å². The molecule has 0 radical (unpaired) electrons. The Labute approximate surface area is 178 Å². The lowest BCUT2D eigenvalue weighted by molar-refractivity contribution is -0.113. The molecule has 0 unspecified atom stereocenters. The number of hydrogen-bond acceptors (Lipinski definition) is 4. The number of thioether (sulfide) groups is 1. The molecule has 1 saturated heterocycles. The van der Waals surface area contributed by atoms with Crippen LogP contribution in [0.4, 0.5) is 10.1 Å². The van der Waals surface area contributed by atoms with Gasteiger partial charge in [-0.15, -0.1) is 0 Å². The van der Waals surface area contributed by atoms with Crippen molar-refractivity contribution in [2.24, 2.45) is 0 Å². The van der Waals surface area contributed by atoms with Gasteiger partial charge in [-0.2, -0.15) is 0 Å². The molecular weight excluding hydrogens is 405 g/mol. The largest absolute Gasteiger partial charge is 0.490 e. The molecule has 0 aliphatic carbocycles. The molecule has 6 heteroatoms. The lowest BCUT2D eigenvalue weighted by atomic mass is 10.0. The number of halogens is 1. The zero-order chi connectivity index (χ0) is 20.5. The maximum atomic E-state index is 14.3. The van der Waals surface area contributed by atoms with Gasteiger partial charge >= 0.3 is 0 Å². The highest BCUT2D eigenvalue weighted by atomic mass is 32.2. The number of rotatable bonds is 4. The van der Waals surface area contributed by atoms with E-state index in [0.29, 0.717) is 15.0 Å². The van der Waals surface area contributed by atoms with E-state index < -0.39 is 5.82 Å². The molecule has 0 spiro atoms. The van der Waals surface area contributed by atoms with E-state index in [4.69, 9.17) is 17.0 Å². The summed E-state index contributed by atoms with van der Waals surface area (Å²) in [5.74, 6) is -0.137. The molecular formula is C23H18FNO2S2. The van der Waals surface area contributed by atoms with Crippen molar-refractivity contribution in [1.29, 1.82) is 0 Å². The Morgan fingerprint density at radius 1 is 1.07 bits per heavy atom. The summed E-state index contributed by atoms with van der Waals surface area (Å²) in [7, 11) is 0. The molecule has 0 N–H and O–H groups in total. The molecule has 0 bridgehead atoms. The maximum Gasteiger partial charge on any atom is 0.270 e. The van der Waals surface area contributed by atoms with Gasteiger partial charge in [-0.05, 0) is 48.9 Å². The normalized spacial score (nSPS) is 15.7. The highest BCUT2D eigenvalue weighted by Gasteiger charge is 2.35. The summed E-state index contributed by atoms with van der Waals surface area (Å²) in [4.78, 5) is 14.8. The third-order valence-corrected chi connectivity index (χ3v) is 5.76. The first kappa shape index (κ1) is 19.6. The molecule has 1 amide bonds. The number of hydrogen-bond donors (Lipinski definition) is 0. The Bertz CT molecular complexity index is 1160. The van der Waals surface area contributed by atoms with E-state index in [1.165, 1.54) is 11.0 Å². The van der Waals surface area contributed by atoms with Gasteiger partial charge in [-0.3, -0.25) is 9.69 Å². The van der Waals surface area contributed by atoms with Crippen molar-refractivity contribution in [2.75, 3.05) is 4.90 Å². The predicted molar refractivity (Wildman–Crippen MR) is 122 cm³/mol. The number of nitrogens with zero attached hydrogens (tertiary/aromatic N) is 1. The van der Waals surface area contributed by atoms with Crippen LogP contribution in [0.3, 0.4) is 0 Å². The van der Waals surface area contributed by atoms with Gasteiger partial charge < -0.3 is 4.74 Å². The van der Waals surface area contributed by atoms with Crippen LogP contribution in [0, 0.1) is 5.82 Å². The van der Waals surface area contributed by atoms with E-state index >= 15 is 0 Å². The minimum absolute atomic E-state index is 0.0174. The molecule has 29 heavy (non-hydrogen) atoms. The minimum atomic E-state index is -0.487. The van der Waals surface area contributed by atoms with Gasteiger partial charge in [0.1, 0.15) is 11.6 Å². The van der Waals surface area contributed by atoms with E-state index in [0.717, 1.165) is 28.1 Å². The lowest BCUT2D eigenvalue weighted by Crippen LogP contribution is -2.28. The highest BCUT2D eigenvalue weighted by molar-refractivity contribution is 8.27. The number of fused-ring (bicyclic) bond motifs is 1. The first-order valence-electron chi connectivity index (χ1n) is 9.16. The number of ether oxygens (including phenoxy) is 1. The Balaban J connectivity index is 1.82. The van der Waals surface area contributed by atoms with Crippen LogP contribution in [0.25, 0.3) is 16.8 Å². The molecule has 3 aromatic rings. The number of anilines is 1. The first-order valence-corrected chi connectivity index (χ1v) is 10.4. The Hall–Kier alpha value is -2.70. The number of benzene rings is 3. The zero-order valence-electron chi connectivity index (χ0n) is 15.9. The van der Waals surface area contributed by atoms with Crippen molar-refractivity contribution < 1.29 is 13.9 Å². The van der Waals surface area contributed by atoms with Crippen LogP contribution in [0.2, 0.25) is 0 Å². The number of amides is 1. The predicted octanol–water partition coefficient (Wildman–Crippen LogP) is 6.17. The van der Waals surface area contributed by atoms with Crippen LogP contribution in [0.1, 0.15) is 19.4 Å². The standard InChI is InChI=1S/C23H18FNO2S2/c1-14(2)27-20-12-11-15-7-3-4-8-16(15)17(20)13-21-22(26)25(23(28)29-21)19-10-6-5-9-18(19)24/h3-14H,1-2H3/b21-13-. The molecule has 1 heterocycles. The summed E-state index contributed by atoms with van der Waals surface area (Å²) in [6.07, 6.45) is 1.77. The summed E-state index contributed by atoms with van der Waals surface area (Å²) in [6.45, 7) is 3.91.